The number of rotatable bonds is 5. The summed E-state index contributed by atoms with van der Waals surface area (Å²) in [5, 5.41) is 2.52. The first-order valence-corrected chi connectivity index (χ1v) is 7.46. The van der Waals surface area contributed by atoms with Crippen LogP contribution in [-0.4, -0.2) is 28.7 Å². The number of hydrogen-bond donors (Lipinski definition) is 2. The van der Waals surface area contributed by atoms with Gasteiger partial charge in [0.05, 0.1) is 10.4 Å². The van der Waals surface area contributed by atoms with E-state index in [0.29, 0.717) is 12.8 Å². The lowest BCUT2D eigenvalue weighted by Crippen LogP contribution is -2.50. The maximum atomic E-state index is 12.1. The zero-order valence-corrected chi connectivity index (χ0v) is 12.0. The van der Waals surface area contributed by atoms with Crippen molar-refractivity contribution in [2.24, 2.45) is 11.1 Å². The predicted octanol–water partition coefficient (Wildman–Crippen LogP) is 2.59. The van der Waals surface area contributed by atoms with E-state index < -0.39 is 10.9 Å². The molecule has 0 aromatic heterocycles. The second-order valence-electron chi connectivity index (χ2n) is 4.56. The van der Waals surface area contributed by atoms with Gasteiger partial charge in [-0.3, -0.25) is 4.79 Å². The highest BCUT2D eigenvalue weighted by atomic mass is 32.2. The molecule has 1 aliphatic carbocycles. The molecule has 1 saturated carbocycles. The monoisotopic (exact) mass is 314 g/mol. The topological polar surface area (TPSA) is 55.1 Å². The van der Waals surface area contributed by atoms with Gasteiger partial charge in [0.15, 0.2) is 0 Å². The SMILES string of the molecule is NC(=S)C1(C(=O)NCCSC(F)(F)F)CCCCC1. The van der Waals surface area contributed by atoms with E-state index in [1.807, 2.05) is 0 Å². The van der Waals surface area contributed by atoms with Crippen LogP contribution < -0.4 is 11.1 Å². The van der Waals surface area contributed by atoms with Crippen LogP contribution in [0.1, 0.15) is 32.1 Å². The van der Waals surface area contributed by atoms with Gasteiger partial charge in [0.2, 0.25) is 5.91 Å². The zero-order valence-electron chi connectivity index (χ0n) is 10.4. The fourth-order valence-corrected chi connectivity index (χ4v) is 2.97. The molecule has 1 fully saturated rings. The Morgan fingerprint density at radius 3 is 2.37 bits per heavy atom. The van der Waals surface area contributed by atoms with Crippen molar-refractivity contribution < 1.29 is 18.0 Å². The van der Waals surface area contributed by atoms with Gasteiger partial charge in [0.1, 0.15) is 0 Å². The fraction of sp³-hybridized carbons (Fsp3) is 0.818. The van der Waals surface area contributed by atoms with Crippen LogP contribution in [-0.2, 0) is 4.79 Å². The Morgan fingerprint density at radius 2 is 1.89 bits per heavy atom. The van der Waals surface area contributed by atoms with Gasteiger partial charge in [-0.15, -0.1) is 0 Å². The summed E-state index contributed by atoms with van der Waals surface area (Å²) in [6.45, 7) is -0.0344. The highest BCUT2D eigenvalue weighted by molar-refractivity contribution is 8.00. The molecule has 0 unspecified atom stereocenters. The van der Waals surface area contributed by atoms with Crippen molar-refractivity contribution in [2.45, 2.75) is 37.6 Å². The molecule has 3 nitrogen and oxygen atoms in total. The van der Waals surface area contributed by atoms with Crippen molar-refractivity contribution in [1.29, 1.82) is 0 Å². The number of carbonyl (C=O) groups excluding carboxylic acids is 1. The average Bonchev–Trinajstić information content (AvgIpc) is 2.33. The van der Waals surface area contributed by atoms with E-state index in [4.69, 9.17) is 18.0 Å². The number of amides is 1. The first-order chi connectivity index (χ1) is 8.78. The normalized spacial score (nSPS) is 18.9. The van der Waals surface area contributed by atoms with Gasteiger partial charge in [-0.25, -0.2) is 0 Å². The highest BCUT2D eigenvalue weighted by Crippen LogP contribution is 2.37. The minimum absolute atomic E-state index is 0.0344. The van der Waals surface area contributed by atoms with Gasteiger partial charge >= 0.3 is 5.51 Å². The minimum Gasteiger partial charge on any atom is -0.392 e. The molecule has 0 spiro atoms. The molecule has 0 aliphatic heterocycles. The molecule has 1 amide bonds. The lowest BCUT2D eigenvalue weighted by atomic mass is 9.73. The van der Waals surface area contributed by atoms with Gasteiger partial charge in [-0.2, -0.15) is 13.2 Å². The molecule has 1 rings (SSSR count). The number of carbonyl (C=O) groups is 1. The fourth-order valence-electron chi connectivity index (χ4n) is 2.24. The molecule has 8 heteroatoms. The molecular weight excluding hydrogens is 297 g/mol. The third-order valence-electron chi connectivity index (χ3n) is 3.27. The van der Waals surface area contributed by atoms with Crippen molar-refractivity contribution in [3.05, 3.63) is 0 Å². The molecule has 0 saturated heterocycles. The average molecular weight is 314 g/mol. The van der Waals surface area contributed by atoms with Gasteiger partial charge in [-0.05, 0) is 24.6 Å². The number of nitrogens with one attached hydrogen (secondary N) is 1. The maximum Gasteiger partial charge on any atom is 0.441 e. The van der Waals surface area contributed by atoms with Crippen LogP contribution in [0.25, 0.3) is 0 Å². The molecule has 0 heterocycles. The van der Waals surface area contributed by atoms with E-state index in [2.05, 4.69) is 5.32 Å². The van der Waals surface area contributed by atoms with Crippen LogP contribution in [0.15, 0.2) is 0 Å². The van der Waals surface area contributed by atoms with Gasteiger partial charge in [-0.1, -0.05) is 31.5 Å². The number of alkyl halides is 3. The number of thiocarbonyl (C=S) groups is 1. The molecule has 0 radical (unpaired) electrons. The van der Waals surface area contributed by atoms with E-state index in [1.165, 1.54) is 0 Å². The maximum absolute atomic E-state index is 12.1. The molecule has 110 valence electrons. The summed E-state index contributed by atoms with van der Waals surface area (Å²) in [6, 6.07) is 0. The van der Waals surface area contributed by atoms with Crippen molar-refractivity contribution in [1.82, 2.24) is 5.32 Å². The number of halogens is 3. The first kappa shape index (κ1) is 16.6. The van der Waals surface area contributed by atoms with Crippen LogP contribution >= 0.6 is 24.0 Å². The second kappa shape index (κ2) is 6.78. The Labute approximate surface area is 119 Å². The summed E-state index contributed by atoms with van der Waals surface area (Å²) < 4.78 is 35.8. The van der Waals surface area contributed by atoms with Crippen molar-refractivity contribution >= 4 is 34.9 Å². The Balaban J connectivity index is 2.48. The van der Waals surface area contributed by atoms with Crippen LogP contribution in [0.2, 0.25) is 0 Å². The molecule has 19 heavy (non-hydrogen) atoms. The number of nitrogens with two attached hydrogens (primary N) is 1. The smallest absolute Gasteiger partial charge is 0.392 e. The molecule has 0 atom stereocenters. The predicted molar refractivity (Wildman–Crippen MR) is 73.8 cm³/mol. The van der Waals surface area contributed by atoms with Crippen molar-refractivity contribution in [2.75, 3.05) is 12.3 Å². The summed E-state index contributed by atoms with van der Waals surface area (Å²) in [5.41, 5.74) is 0.530. The molecular formula is C11H17F3N2OS2. The van der Waals surface area contributed by atoms with Crippen LogP contribution in [0, 0.1) is 5.41 Å². The summed E-state index contributed by atoms with van der Waals surface area (Å²) >= 11 is 4.82. The van der Waals surface area contributed by atoms with E-state index >= 15 is 0 Å². The molecule has 0 aromatic rings. The summed E-state index contributed by atoms with van der Waals surface area (Å²) in [4.78, 5) is 12.3. The first-order valence-electron chi connectivity index (χ1n) is 6.07. The third kappa shape index (κ3) is 4.83. The molecule has 0 aromatic carbocycles. The second-order valence-corrected chi connectivity index (χ2v) is 6.16. The summed E-state index contributed by atoms with van der Waals surface area (Å²) in [6.07, 6.45) is 3.92. The Bertz CT molecular complexity index is 341. The molecule has 0 bridgehead atoms. The van der Waals surface area contributed by atoms with E-state index in [9.17, 15) is 18.0 Å². The quantitative estimate of drug-likeness (QED) is 0.605. The van der Waals surface area contributed by atoms with Gasteiger partial charge < -0.3 is 11.1 Å². The van der Waals surface area contributed by atoms with Crippen molar-refractivity contribution in [3.8, 4) is 0 Å². The Morgan fingerprint density at radius 1 is 1.32 bits per heavy atom. The Kier molecular flexibility index (Phi) is 5.91. The Hall–Kier alpha value is -0.500. The molecule has 1 aliphatic rings. The van der Waals surface area contributed by atoms with E-state index in [1.54, 1.807) is 0 Å². The largest absolute Gasteiger partial charge is 0.441 e. The molecule has 3 N–H and O–H groups in total. The number of thioether (sulfide) groups is 1. The van der Waals surface area contributed by atoms with Crippen molar-refractivity contribution in [3.63, 3.8) is 0 Å². The third-order valence-corrected chi connectivity index (χ3v) is 4.39. The summed E-state index contributed by atoms with van der Waals surface area (Å²) in [7, 11) is 0. The lowest BCUT2D eigenvalue weighted by Gasteiger charge is -2.34. The van der Waals surface area contributed by atoms with E-state index in [0.717, 1.165) is 19.3 Å². The highest BCUT2D eigenvalue weighted by Gasteiger charge is 2.42. The van der Waals surface area contributed by atoms with Crippen LogP contribution in [0.3, 0.4) is 0 Å². The van der Waals surface area contributed by atoms with Gasteiger partial charge in [0.25, 0.3) is 0 Å². The lowest BCUT2D eigenvalue weighted by molar-refractivity contribution is -0.128. The minimum atomic E-state index is -4.27. The summed E-state index contributed by atoms with van der Waals surface area (Å²) in [5.74, 6) is -0.537. The van der Waals surface area contributed by atoms with Crippen LogP contribution in [0.4, 0.5) is 13.2 Å². The van der Waals surface area contributed by atoms with Crippen LogP contribution in [0.5, 0.6) is 0 Å². The van der Waals surface area contributed by atoms with E-state index in [-0.39, 0.29) is 35.0 Å². The zero-order chi connectivity index (χ0) is 14.5. The standard InChI is InChI=1S/C11H17F3N2OS2/c12-11(13,14)19-7-6-16-9(17)10(8(15)18)4-2-1-3-5-10/h1-7H2,(H2,15,18)(H,16,17). The van der Waals surface area contributed by atoms with Gasteiger partial charge in [0, 0.05) is 12.3 Å². The number of hydrogen-bond acceptors (Lipinski definition) is 3.